The molecule has 0 aliphatic carbocycles. The van der Waals surface area contributed by atoms with E-state index in [1.54, 1.807) is 0 Å². The molecule has 1 saturated heterocycles. The van der Waals surface area contributed by atoms with E-state index >= 15 is 0 Å². The van der Waals surface area contributed by atoms with Crippen molar-refractivity contribution in [1.82, 2.24) is 4.90 Å². The topological polar surface area (TPSA) is 74.7 Å². The maximum atomic E-state index is 11.3. The van der Waals surface area contributed by atoms with Crippen molar-refractivity contribution in [2.45, 2.75) is 32.2 Å². The van der Waals surface area contributed by atoms with Crippen LogP contribution in [0.3, 0.4) is 0 Å². The molecular formula is C9H13NO4. The smallest absolute Gasteiger partial charge is 0.305 e. The van der Waals surface area contributed by atoms with E-state index in [0.29, 0.717) is 6.42 Å². The lowest BCUT2D eigenvalue weighted by Crippen LogP contribution is -2.37. The first kappa shape index (κ1) is 10.7. The van der Waals surface area contributed by atoms with Crippen LogP contribution in [0.15, 0.2) is 0 Å². The molecule has 1 aliphatic rings. The molecule has 0 aromatic heterocycles. The van der Waals surface area contributed by atoms with Gasteiger partial charge in [-0.2, -0.15) is 0 Å². The summed E-state index contributed by atoms with van der Waals surface area (Å²) in [5, 5.41) is 8.60. The molecule has 0 aromatic rings. The maximum Gasteiger partial charge on any atom is 0.305 e. The first-order valence-electron chi connectivity index (χ1n) is 4.57. The second-order valence-electron chi connectivity index (χ2n) is 3.40. The molecular weight excluding hydrogens is 186 g/mol. The van der Waals surface area contributed by atoms with Crippen molar-refractivity contribution in [3.05, 3.63) is 0 Å². The van der Waals surface area contributed by atoms with Gasteiger partial charge in [-0.25, -0.2) is 0 Å². The molecule has 1 heterocycles. The van der Waals surface area contributed by atoms with Crippen LogP contribution in [0.1, 0.15) is 26.2 Å². The van der Waals surface area contributed by atoms with Crippen LogP contribution in [0.25, 0.3) is 0 Å². The van der Waals surface area contributed by atoms with Gasteiger partial charge >= 0.3 is 5.97 Å². The number of carboxylic acid groups (broad SMARTS) is 1. The monoisotopic (exact) mass is 199 g/mol. The Kier molecular flexibility index (Phi) is 3.22. The fourth-order valence-corrected chi connectivity index (χ4v) is 1.61. The predicted octanol–water partition coefficient (Wildman–Crippen LogP) is 0.0411. The van der Waals surface area contributed by atoms with Gasteiger partial charge in [-0.05, 0) is 6.42 Å². The second kappa shape index (κ2) is 4.21. The lowest BCUT2D eigenvalue weighted by Gasteiger charge is -2.24. The summed E-state index contributed by atoms with van der Waals surface area (Å²) in [5.41, 5.74) is 0. The summed E-state index contributed by atoms with van der Waals surface area (Å²) >= 11 is 0. The molecule has 0 aromatic carbocycles. The molecule has 78 valence electrons. The third-order valence-electron chi connectivity index (χ3n) is 2.34. The largest absolute Gasteiger partial charge is 0.481 e. The molecule has 5 nitrogen and oxygen atoms in total. The van der Waals surface area contributed by atoms with Gasteiger partial charge in [-0.1, -0.05) is 6.92 Å². The molecule has 0 saturated carbocycles. The third-order valence-corrected chi connectivity index (χ3v) is 2.34. The lowest BCUT2D eigenvalue weighted by atomic mass is 10.1. The van der Waals surface area contributed by atoms with Crippen LogP contribution in [0.5, 0.6) is 0 Å². The Morgan fingerprint density at radius 2 is 2.21 bits per heavy atom. The van der Waals surface area contributed by atoms with E-state index in [1.807, 2.05) is 6.92 Å². The minimum absolute atomic E-state index is 0.0733. The molecule has 5 heteroatoms. The van der Waals surface area contributed by atoms with E-state index in [2.05, 4.69) is 0 Å². The van der Waals surface area contributed by atoms with Crippen molar-refractivity contribution < 1.29 is 19.5 Å². The minimum atomic E-state index is -0.941. The van der Waals surface area contributed by atoms with Gasteiger partial charge in [-0.15, -0.1) is 0 Å². The van der Waals surface area contributed by atoms with Crippen LogP contribution in [-0.4, -0.2) is 40.3 Å². The van der Waals surface area contributed by atoms with E-state index in [0.717, 1.165) is 0 Å². The van der Waals surface area contributed by atoms with E-state index < -0.39 is 5.97 Å². The van der Waals surface area contributed by atoms with Gasteiger partial charge < -0.3 is 10.0 Å². The van der Waals surface area contributed by atoms with Gasteiger partial charge in [0.2, 0.25) is 5.91 Å². The maximum absolute atomic E-state index is 11.3. The van der Waals surface area contributed by atoms with Crippen molar-refractivity contribution in [1.29, 1.82) is 0 Å². The molecule has 1 amide bonds. The van der Waals surface area contributed by atoms with Crippen LogP contribution in [-0.2, 0) is 14.4 Å². The zero-order valence-corrected chi connectivity index (χ0v) is 8.02. The number of Topliss-reactive ketones (excluding diaryl/α,β-unsaturated/α-hetero) is 1. The highest BCUT2D eigenvalue weighted by Gasteiger charge is 2.32. The Bertz CT molecular complexity index is 274. The van der Waals surface area contributed by atoms with E-state index in [1.165, 1.54) is 4.90 Å². The molecule has 1 fully saturated rings. The van der Waals surface area contributed by atoms with Gasteiger partial charge in [0.1, 0.15) is 0 Å². The molecule has 0 radical (unpaired) electrons. The normalized spacial score (nSPS) is 18.8. The molecule has 14 heavy (non-hydrogen) atoms. The number of carbonyl (C=O) groups is 3. The van der Waals surface area contributed by atoms with Gasteiger partial charge in [0.05, 0.1) is 19.4 Å². The summed E-state index contributed by atoms with van der Waals surface area (Å²) in [4.78, 5) is 34.1. The summed E-state index contributed by atoms with van der Waals surface area (Å²) < 4.78 is 0. The standard InChI is InChI=1S/C9H13NO4/c1-2-6(3-9(13)14)10-5-7(11)4-8(10)12/h6H,2-5H2,1H3,(H,13,14). The second-order valence-corrected chi connectivity index (χ2v) is 3.40. The summed E-state index contributed by atoms with van der Waals surface area (Å²) in [6.45, 7) is 1.88. The fourth-order valence-electron chi connectivity index (χ4n) is 1.61. The zero-order chi connectivity index (χ0) is 10.7. The predicted molar refractivity (Wildman–Crippen MR) is 47.7 cm³/mol. The Hall–Kier alpha value is -1.39. The number of hydrogen-bond acceptors (Lipinski definition) is 3. The molecule has 1 atom stereocenters. The minimum Gasteiger partial charge on any atom is -0.481 e. The Morgan fingerprint density at radius 1 is 1.57 bits per heavy atom. The average Bonchev–Trinajstić information content (AvgIpc) is 2.41. The first-order valence-corrected chi connectivity index (χ1v) is 4.57. The van der Waals surface area contributed by atoms with E-state index in [9.17, 15) is 14.4 Å². The first-order chi connectivity index (χ1) is 6.54. The van der Waals surface area contributed by atoms with Crippen LogP contribution in [0.4, 0.5) is 0 Å². The van der Waals surface area contributed by atoms with Crippen molar-refractivity contribution in [2.24, 2.45) is 0 Å². The quantitative estimate of drug-likeness (QED) is 0.649. The van der Waals surface area contributed by atoms with Crippen LogP contribution < -0.4 is 0 Å². The number of likely N-dealkylation sites (tertiary alicyclic amines) is 1. The summed E-state index contributed by atoms with van der Waals surface area (Å²) in [6.07, 6.45) is 0.400. The van der Waals surface area contributed by atoms with Gasteiger partial charge in [0.25, 0.3) is 0 Å². The molecule has 1 aliphatic heterocycles. The highest BCUT2D eigenvalue weighted by atomic mass is 16.4. The van der Waals surface area contributed by atoms with Crippen molar-refractivity contribution in [3.8, 4) is 0 Å². The van der Waals surface area contributed by atoms with E-state index in [4.69, 9.17) is 5.11 Å². The molecule has 1 N–H and O–H groups in total. The number of carboxylic acids is 1. The van der Waals surface area contributed by atoms with Gasteiger partial charge in [0.15, 0.2) is 5.78 Å². The Balaban J connectivity index is 2.65. The van der Waals surface area contributed by atoms with Crippen molar-refractivity contribution in [2.75, 3.05) is 6.54 Å². The third kappa shape index (κ3) is 2.31. The average molecular weight is 199 g/mol. The molecule has 0 bridgehead atoms. The number of amides is 1. The number of aliphatic carboxylic acids is 1. The van der Waals surface area contributed by atoms with Crippen LogP contribution in [0.2, 0.25) is 0 Å². The summed E-state index contributed by atoms with van der Waals surface area (Å²) in [5.74, 6) is -1.31. The number of ketones is 1. The number of nitrogens with zero attached hydrogens (tertiary/aromatic N) is 1. The molecule has 1 rings (SSSR count). The number of rotatable bonds is 4. The number of hydrogen-bond donors (Lipinski definition) is 1. The Morgan fingerprint density at radius 3 is 2.57 bits per heavy atom. The van der Waals surface area contributed by atoms with Gasteiger partial charge in [0, 0.05) is 6.04 Å². The lowest BCUT2D eigenvalue weighted by molar-refractivity contribution is -0.139. The summed E-state index contributed by atoms with van der Waals surface area (Å²) in [7, 11) is 0. The Labute approximate surface area is 81.7 Å². The molecule has 0 spiro atoms. The van der Waals surface area contributed by atoms with Crippen LogP contribution >= 0.6 is 0 Å². The van der Waals surface area contributed by atoms with E-state index in [-0.39, 0.29) is 37.1 Å². The van der Waals surface area contributed by atoms with Crippen molar-refractivity contribution >= 4 is 17.7 Å². The van der Waals surface area contributed by atoms with Crippen LogP contribution in [0, 0.1) is 0 Å². The zero-order valence-electron chi connectivity index (χ0n) is 8.02. The highest BCUT2D eigenvalue weighted by Crippen LogP contribution is 2.15. The fraction of sp³-hybridized carbons (Fsp3) is 0.667. The summed E-state index contributed by atoms with van der Waals surface area (Å²) in [6, 6.07) is -0.341. The van der Waals surface area contributed by atoms with Gasteiger partial charge in [-0.3, -0.25) is 14.4 Å². The van der Waals surface area contributed by atoms with Crippen molar-refractivity contribution in [3.63, 3.8) is 0 Å². The molecule has 1 unspecified atom stereocenters. The highest BCUT2D eigenvalue weighted by molar-refractivity contribution is 6.05. The SMILES string of the molecule is CCC(CC(=O)O)N1CC(=O)CC1=O. The number of carbonyl (C=O) groups excluding carboxylic acids is 2.